The molecule has 1 heterocycles. The van der Waals surface area contributed by atoms with E-state index in [9.17, 15) is 0 Å². The van der Waals surface area contributed by atoms with Crippen molar-refractivity contribution < 1.29 is 13.6 Å². The maximum Gasteiger partial charge on any atom is 0.333 e. The Kier molecular flexibility index (Phi) is 5.76. The lowest BCUT2D eigenvalue weighted by Crippen LogP contribution is -2.42. The molecule has 3 nitrogen and oxygen atoms in total. The van der Waals surface area contributed by atoms with Crippen molar-refractivity contribution in [3.05, 3.63) is 11.6 Å². The van der Waals surface area contributed by atoms with Crippen molar-refractivity contribution in [2.75, 3.05) is 13.2 Å². The molecule has 0 spiro atoms. The van der Waals surface area contributed by atoms with E-state index >= 15 is 0 Å². The first-order valence-electron chi connectivity index (χ1n) is 8.54. The van der Waals surface area contributed by atoms with E-state index in [4.69, 9.17) is 13.6 Å². The third-order valence-electron chi connectivity index (χ3n) is 4.62. The van der Waals surface area contributed by atoms with E-state index in [-0.39, 0.29) is 16.9 Å². The Morgan fingerprint density at radius 2 is 1.68 bits per heavy atom. The highest BCUT2D eigenvalue weighted by Crippen LogP contribution is 2.53. The maximum atomic E-state index is 6.41. The standard InChI is InChI=1S/C18H33O3P/c1-13-11-14(17(2,3)4)16(15(12-13)18(5,6)7)21-22-19-9-8-10-20-22/h11,13,15-16H,8-10,12H2,1-7H3. The van der Waals surface area contributed by atoms with Gasteiger partial charge in [0.15, 0.2) is 0 Å². The predicted octanol–water partition coefficient (Wildman–Crippen LogP) is 5.71. The molecule has 0 aromatic heterocycles. The first kappa shape index (κ1) is 18.4. The fourth-order valence-corrected chi connectivity index (χ4v) is 4.55. The van der Waals surface area contributed by atoms with Crippen LogP contribution >= 0.6 is 8.60 Å². The number of rotatable bonds is 2. The van der Waals surface area contributed by atoms with Crippen molar-refractivity contribution in [3.8, 4) is 0 Å². The van der Waals surface area contributed by atoms with Gasteiger partial charge < -0.3 is 13.6 Å². The summed E-state index contributed by atoms with van der Waals surface area (Å²) in [5, 5.41) is 0. The first-order valence-corrected chi connectivity index (χ1v) is 9.63. The first-order chi connectivity index (χ1) is 10.1. The van der Waals surface area contributed by atoms with Gasteiger partial charge in [-0.3, -0.25) is 0 Å². The largest absolute Gasteiger partial charge is 0.333 e. The summed E-state index contributed by atoms with van der Waals surface area (Å²) in [5.41, 5.74) is 1.72. The van der Waals surface area contributed by atoms with Gasteiger partial charge in [0.2, 0.25) is 0 Å². The summed E-state index contributed by atoms with van der Waals surface area (Å²) in [5.74, 6) is 1.08. The molecule has 0 amide bonds. The Morgan fingerprint density at radius 3 is 2.18 bits per heavy atom. The molecule has 2 aliphatic rings. The van der Waals surface area contributed by atoms with Gasteiger partial charge in [-0.15, -0.1) is 0 Å². The molecule has 22 heavy (non-hydrogen) atoms. The summed E-state index contributed by atoms with van der Waals surface area (Å²) in [6.07, 6.45) is 4.65. The van der Waals surface area contributed by atoms with Crippen LogP contribution in [0.25, 0.3) is 0 Å². The van der Waals surface area contributed by atoms with Crippen molar-refractivity contribution >= 4 is 8.60 Å². The second-order valence-electron chi connectivity index (χ2n) is 8.83. The van der Waals surface area contributed by atoms with Crippen molar-refractivity contribution in [2.45, 2.75) is 67.4 Å². The fourth-order valence-electron chi connectivity index (χ4n) is 3.35. The molecule has 0 aromatic rings. The normalized spacial score (nSPS) is 32.0. The predicted molar refractivity (Wildman–Crippen MR) is 92.6 cm³/mol. The maximum absolute atomic E-state index is 6.41. The van der Waals surface area contributed by atoms with Crippen molar-refractivity contribution in [1.29, 1.82) is 0 Å². The van der Waals surface area contributed by atoms with Crippen LogP contribution in [-0.2, 0) is 13.6 Å². The van der Waals surface area contributed by atoms with Gasteiger partial charge >= 0.3 is 8.60 Å². The van der Waals surface area contributed by atoms with Gasteiger partial charge in [0.25, 0.3) is 0 Å². The molecule has 0 aromatic carbocycles. The zero-order chi connectivity index (χ0) is 16.5. The minimum absolute atomic E-state index is 0.0976. The molecule has 4 heteroatoms. The summed E-state index contributed by atoms with van der Waals surface area (Å²) < 4.78 is 17.9. The van der Waals surface area contributed by atoms with E-state index < -0.39 is 8.60 Å². The van der Waals surface area contributed by atoms with Gasteiger partial charge in [-0.2, -0.15) is 0 Å². The Morgan fingerprint density at radius 1 is 1.09 bits per heavy atom. The summed E-state index contributed by atoms with van der Waals surface area (Å²) in [7, 11) is -1.20. The molecule has 0 N–H and O–H groups in total. The molecule has 2 rings (SSSR count). The van der Waals surface area contributed by atoms with Crippen LogP contribution < -0.4 is 0 Å². The third kappa shape index (κ3) is 4.54. The fraction of sp³-hybridized carbons (Fsp3) is 0.889. The number of allylic oxidation sites excluding steroid dienone is 1. The topological polar surface area (TPSA) is 27.7 Å². The highest BCUT2D eigenvalue weighted by molar-refractivity contribution is 7.41. The second kappa shape index (κ2) is 6.89. The molecule has 1 aliphatic carbocycles. The second-order valence-corrected chi connectivity index (χ2v) is 10.0. The molecule has 0 saturated carbocycles. The van der Waals surface area contributed by atoms with E-state index in [2.05, 4.69) is 54.5 Å². The van der Waals surface area contributed by atoms with Crippen LogP contribution in [-0.4, -0.2) is 19.3 Å². The molecular formula is C18H33O3P. The Labute approximate surface area is 137 Å². The van der Waals surface area contributed by atoms with E-state index in [0.29, 0.717) is 11.8 Å². The SMILES string of the molecule is CC1C=C(C(C)(C)C)C(OP2OCCCO2)C(C(C)(C)C)C1. The molecule has 1 aliphatic heterocycles. The van der Waals surface area contributed by atoms with Gasteiger partial charge in [-0.05, 0) is 41.1 Å². The van der Waals surface area contributed by atoms with Gasteiger partial charge in [0.1, 0.15) is 0 Å². The average molecular weight is 328 g/mol. The number of hydrogen-bond acceptors (Lipinski definition) is 3. The highest BCUT2D eigenvalue weighted by Gasteiger charge is 2.43. The lowest BCUT2D eigenvalue weighted by Gasteiger charge is -2.46. The van der Waals surface area contributed by atoms with Gasteiger partial charge in [0.05, 0.1) is 19.3 Å². The average Bonchev–Trinajstić information content (AvgIpc) is 2.39. The van der Waals surface area contributed by atoms with Crippen LogP contribution in [0.4, 0.5) is 0 Å². The van der Waals surface area contributed by atoms with Gasteiger partial charge in [0, 0.05) is 0 Å². The molecule has 1 fully saturated rings. The smallest absolute Gasteiger partial charge is 0.312 e. The molecule has 1 saturated heterocycles. The quantitative estimate of drug-likeness (QED) is 0.480. The zero-order valence-corrected chi connectivity index (χ0v) is 16.2. The molecule has 128 valence electrons. The zero-order valence-electron chi connectivity index (χ0n) is 15.3. The van der Waals surface area contributed by atoms with Crippen LogP contribution in [0.1, 0.15) is 61.3 Å². The van der Waals surface area contributed by atoms with Crippen molar-refractivity contribution in [1.82, 2.24) is 0 Å². The minimum atomic E-state index is -1.20. The van der Waals surface area contributed by atoms with Crippen LogP contribution in [0.3, 0.4) is 0 Å². The molecular weight excluding hydrogens is 295 g/mol. The lowest BCUT2D eigenvalue weighted by molar-refractivity contribution is 0.0206. The lowest BCUT2D eigenvalue weighted by atomic mass is 9.64. The molecule has 3 unspecified atom stereocenters. The molecule has 0 radical (unpaired) electrons. The van der Waals surface area contributed by atoms with E-state index in [1.807, 2.05) is 0 Å². The summed E-state index contributed by atoms with van der Waals surface area (Å²) in [4.78, 5) is 0. The summed E-state index contributed by atoms with van der Waals surface area (Å²) >= 11 is 0. The van der Waals surface area contributed by atoms with Gasteiger partial charge in [-0.25, -0.2) is 0 Å². The Bertz CT molecular complexity index is 400. The van der Waals surface area contributed by atoms with Crippen LogP contribution in [0.5, 0.6) is 0 Å². The van der Waals surface area contributed by atoms with E-state index in [1.165, 1.54) is 5.57 Å². The Hall–Kier alpha value is 0.0500. The van der Waals surface area contributed by atoms with Crippen molar-refractivity contribution in [2.24, 2.45) is 22.7 Å². The highest BCUT2D eigenvalue weighted by atomic mass is 31.2. The summed E-state index contributed by atoms with van der Waals surface area (Å²) in [6.45, 7) is 17.6. The van der Waals surface area contributed by atoms with Crippen LogP contribution in [0, 0.1) is 22.7 Å². The molecule has 3 atom stereocenters. The molecule has 0 bridgehead atoms. The summed E-state index contributed by atoms with van der Waals surface area (Å²) in [6, 6.07) is 0. The minimum Gasteiger partial charge on any atom is -0.312 e. The third-order valence-corrected chi connectivity index (χ3v) is 5.81. The van der Waals surface area contributed by atoms with E-state index in [0.717, 1.165) is 26.1 Å². The van der Waals surface area contributed by atoms with Crippen molar-refractivity contribution in [3.63, 3.8) is 0 Å². The number of hydrogen-bond donors (Lipinski definition) is 0. The van der Waals surface area contributed by atoms with E-state index in [1.54, 1.807) is 0 Å². The monoisotopic (exact) mass is 328 g/mol. The Balaban J connectivity index is 2.28. The van der Waals surface area contributed by atoms with Gasteiger partial charge in [-0.1, -0.05) is 54.5 Å². The van der Waals surface area contributed by atoms with Crippen LogP contribution in [0.15, 0.2) is 11.6 Å². The van der Waals surface area contributed by atoms with Crippen LogP contribution in [0.2, 0.25) is 0 Å².